The molecule has 0 saturated heterocycles. The fourth-order valence-electron chi connectivity index (χ4n) is 2.89. The Labute approximate surface area is 121 Å². The lowest BCUT2D eigenvalue weighted by molar-refractivity contribution is 0.557. The predicted molar refractivity (Wildman–Crippen MR) is 84.3 cm³/mol. The molecule has 1 aromatic carbocycles. The maximum absolute atomic E-state index is 6.04. The van der Waals surface area contributed by atoms with E-state index < -0.39 is 0 Å². The Kier molecular flexibility index (Phi) is 3.35. The van der Waals surface area contributed by atoms with Gasteiger partial charge >= 0.3 is 0 Å². The third-order valence-corrected chi connectivity index (χ3v) is 4.49. The molecule has 4 heteroatoms. The highest BCUT2D eigenvalue weighted by molar-refractivity contribution is 9.10. The van der Waals surface area contributed by atoms with Gasteiger partial charge in [0.05, 0.1) is 11.2 Å². The van der Waals surface area contributed by atoms with Crippen molar-refractivity contribution in [1.29, 1.82) is 0 Å². The molecule has 2 aromatic rings. The van der Waals surface area contributed by atoms with Crippen LogP contribution in [-0.4, -0.2) is 11.0 Å². The quantitative estimate of drug-likeness (QED) is 0.816. The Morgan fingerprint density at radius 2 is 2.21 bits per heavy atom. The average molecular weight is 320 g/mol. The summed E-state index contributed by atoms with van der Waals surface area (Å²) < 4.78 is 0.957. The van der Waals surface area contributed by atoms with E-state index in [1.807, 2.05) is 24.4 Å². The molecule has 2 unspecified atom stereocenters. The number of nitrogens with zero attached hydrogens (tertiary/aromatic N) is 1. The summed E-state index contributed by atoms with van der Waals surface area (Å²) in [5.41, 5.74) is 8.87. The molecule has 100 valence electrons. The number of nitrogens with two attached hydrogens (primary N) is 1. The molecule has 3 rings (SSSR count). The zero-order chi connectivity index (χ0) is 13.4. The molecule has 1 fully saturated rings. The second kappa shape index (κ2) is 5.00. The second-order valence-electron chi connectivity index (χ2n) is 5.41. The summed E-state index contributed by atoms with van der Waals surface area (Å²) in [6, 6.07) is 6.58. The molecular weight excluding hydrogens is 302 g/mol. The number of benzene rings is 1. The summed E-state index contributed by atoms with van der Waals surface area (Å²) in [5, 5.41) is 4.65. The van der Waals surface area contributed by atoms with E-state index in [2.05, 4.69) is 33.2 Å². The van der Waals surface area contributed by atoms with Gasteiger partial charge in [-0.25, -0.2) is 0 Å². The summed E-state index contributed by atoms with van der Waals surface area (Å²) in [4.78, 5) is 4.52. The molecule has 1 aliphatic carbocycles. The van der Waals surface area contributed by atoms with Crippen LogP contribution in [0, 0.1) is 5.92 Å². The van der Waals surface area contributed by atoms with Crippen molar-refractivity contribution < 1.29 is 0 Å². The Bertz CT molecular complexity index is 612. The topological polar surface area (TPSA) is 50.9 Å². The number of nitrogen functional groups attached to an aromatic ring is 1. The summed E-state index contributed by atoms with van der Waals surface area (Å²) >= 11 is 3.45. The van der Waals surface area contributed by atoms with Gasteiger partial charge in [-0.15, -0.1) is 0 Å². The summed E-state index contributed by atoms with van der Waals surface area (Å²) in [7, 11) is 0. The molecule has 1 heterocycles. The third kappa shape index (κ3) is 2.41. The minimum Gasteiger partial charge on any atom is -0.398 e. The van der Waals surface area contributed by atoms with E-state index in [1.165, 1.54) is 19.3 Å². The minimum atomic E-state index is 0.553. The number of aromatic nitrogens is 1. The van der Waals surface area contributed by atoms with Crippen molar-refractivity contribution in [2.45, 2.75) is 32.2 Å². The van der Waals surface area contributed by atoms with E-state index in [4.69, 9.17) is 5.73 Å². The lowest BCUT2D eigenvalue weighted by atomic mass is 10.1. The summed E-state index contributed by atoms with van der Waals surface area (Å²) in [6.07, 6.45) is 5.68. The van der Waals surface area contributed by atoms with Crippen LogP contribution in [0.3, 0.4) is 0 Å². The van der Waals surface area contributed by atoms with E-state index >= 15 is 0 Å². The summed E-state index contributed by atoms with van der Waals surface area (Å²) in [6.45, 7) is 2.31. The molecule has 3 nitrogen and oxygen atoms in total. The minimum absolute atomic E-state index is 0.553. The van der Waals surface area contributed by atoms with Crippen molar-refractivity contribution >= 4 is 38.2 Å². The van der Waals surface area contributed by atoms with Gasteiger partial charge in [-0.2, -0.15) is 0 Å². The highest BCUT2D eigenvalue weighted by Gasteiger charge is 2.23. The van der Waals surface area contributed by atoms with Crippen LogP contribution >= 0.6 is 15.9 Å². The van der Waals surface area contributed by atoms with Gasteiger partial charge in [0.2, 0.25) is 0 Å². The Morgan fingerprint density at radius 1 is 1.37 bits per heavy atom. The SMILES string of the molecule is CC1CCCC1Nc1ccc(N)c2cc(Br)cnc12. The van der Waals surface area contributed by atoms with Gasteiger partial charge in [-0.05, 0) is 52.9 Å². The van der Waals surface area contributed by atoms with Gasteiger partial charge in [-0.3, -0.25) is 4.98 Å². The van der Waals surface area contributed by atoms with Gasteiger partial charge < -0.3 is 11.1 Å². The van der Waals surface area contributed by atoms with E-state index in [-0.39, 0.29) is 0 Å². The fourth-order valence-corrected chi connectivity index (χ4v) is 3.22. The summed E-state index contributed by atoms with van der Waals surface area (Å²) in [5.74, 6) is 0.725. The predicted octanol–water partition coefficient (Wildman–Crippen LogP) is 4.18. The van der Waals surface area contributed by atoms with Crippen LogP contribution in [0.1, 0.15) is 26.2 Å². The largest absolute Gasteiger partial charge is 0.398 e. The van der Waals surface area contributed by atoms with E-state index in [1.54, 1.807) is 0 Å². The monoisotopic (exact) mass is 319 g/mol. The molecule has 3 N–H and O–H groups in total. The van der Waals surface area contributed by atoms with E-state index in [0.717, 1.165) is 32.7 Å². The van der Waals surface area contributed by atoms with E-state index in [9.17, 15) is 0 Å². The molecule has 1 saturated carbocycles. The molecule has 1 aromatic heterocycles. The number of anilines is 2. The van der Waals surface area contributed by atoms with Crippen LogP contribution in [0.5, 0.6) is 0 Å². The molecule has 19 heavy (non-hydrogen) atoms. The van der Waals surface area contributed by atoms with Crippen molar-refractivity contribution in [3.63, 3.8) is 0 Å². The molecule has 2 atom stereocenters. The van der Waals surface area contributed by atoms with Crippen LogP contribution in [0.2, 0.25) is 0 Å². The number of hydrogen-bond acceptors (Lipinski definition) is 3. The van der Waals surface area contributed by atoms with Crippen LogP contribution < -0.4 is 11.1 Å². The van der Waals surface area contributed by atoms with Crippen LogP contribution in [-0.2, 0) is 0 Å². The molecule has 0 spiro atoms. The van der Waals surface area contributed by atoms with Gasteiger partial charge in [0.15, 0.2) is 0 Å². The first-order valence-electron chi connectivity index (χ1n) is 6.75. The number of halogens is 1. The van der Waals surface area contributed by atoms with Crippen molar-refractivity contribution in [2.75, 3.05) is 11.1 Å². The number of fused-ring (bicyclic) bond motifs is 1. The second-order valence-corrected chi connectivity index (χ2v) is 6.33. The Morgan fingerprint density at radius 3 is 2.95 bits per heavy atom. The first-order valence-corrected chi connectivity index (χ1v) is 7.55. The van der Waals surface area contributed by atoms with E-state index in [0.29, 0.717) is 6.04 Å². The molecule has 0 amide bonds. The van der Waals surface area contributed by atoms with Crippen molar-refractivity contribution in [3.8, 4) is 0 Å². The van der Waals surface area contributed by atoms with Gasteiger partial charge in [0, 0.05) is 27.8 Å². The molecule has 0 aliphatic heterocycles. The Balaban J connectivity index is 2.02. The average Bonchev–Trinajstić information content (AvgIpc) is 2.79. The normalized spacial score (nSPS) is 22.8. The van der Waals surface area contributed by atoms with Crippen LogP contribution in [0.15, 0.2) is 28.9 Å². The standard InChI is InChI=1S/C15H18BrN3/c1-9-3-2-4-13(9)19-14-6-5-12(17)11-7-10(16)8-18-15(11)14/h5-9,13,19H,2-4,17H2,1H3. The molecule has 0 radical (unpaired) electrons. The van der Waals surface area contributed by atoms with Crippen LogP contribution in [0.4, 0.5) is 11.4 Å². The first-order chi connectivity index (χ1) is 9.15. The molecular formula is C15H18BrN3. The van der Waals surface area contributed by atoms with Gasteiger partial charge in [-0.1, -0.05) is 13.3 Å². The van der Waals surface area contributed by atoms with Crippen LogP contribution in [0.25, 0.3) is 10.9 Å². The number of rotatable bonds is 2. The Hall–Kier alpha value is -1.29. The van der Waals surface area contributed by atoms with Gasteiger partial charge in [0.1, 0.15) is 0 Å². The number of pyridine rings is 1. The fraction of sp³-hybridized carbons (Fsp3) is 0.400. The number of hydrogen-bond donors (Lipinski definition) is 2. The molecule has 1 aliphatic rings. The van der Waals surface area contributed by atoms with Crippen molar-refractivity contribution in [1.82, 2.24) is 4.98 Å². The lowest BCUT2D eigenvalue weighted by Gasteiger charge is -2.20. The van der Waals surface area contributed by atoms with Crippen molar-refractivity contribution in [3.05, 3.63) is 28.9 Å². The lowest BCUT2D eigenvalue weighted by Crippen LogP contribution is -2.22. The maximum atomic E-state index is 6.04. The highest BCUT2D eigenvalue weighted by Crippen LogP contribution is 2.33. The first kappa shape index (κ1) is 12.7. The highest BCUT2D eigenvalue weighted by atomic mass is 79.9. The smallest absolute Gasteiger partial charge is 0.0954 e. The van der Waals surface area contributed by atoms with Crippen molar-refractivity contribution in [2.24, 2.45) is 5.92 Å². The number of nitrogens with one attached hydrogen (secondary N) is 1. The third-order valence-electron chi connectivity index (χ3n) is 4.05. The zero-order valence-corrected chi connectivity index (χ0v) is 12.6. The maximum Gasteiger partial charge on any atom is 0.0954 e. The van der Waals surface area contributed by atoms with Gasteiger partial charge in [0.25, 0.3) is 0 Å². The molecule has 0 bridgehead atoms. The zero-order valence-electron chi connectivity index (χ0n) is 11.0.